The van der Waals surface area contributed by atoms with Crippen LogP contribution in [0.3, 0.4) is 0 Å². The number of carbonyl (C=O) groups excluding carboxylic acids is 2. The number of nitrogens with zero attached hydrogens (tertiary/aromatic N) is 1. The van der Waals surface area contributed by atoms with Gasteiger partial charge < -0.3 is 9.16 Å². The first-order chi connectivity index (χ1) is 16.1. The Labute approximate surface area is 207 Å². The maximum Gasteiger partial charge on any atom is 0.416 e. The summed E-state index contributed by atoms with van der Waals surface area (Å²) in [6.45, 7) is 15.2. The molecule has 34 heavy (non-hydrogen) atoms. The second-order valence-electron chi connectivity index (χ2n) is 11.4. The highest BCUT2D eigenvalue weighted by Crippen LogP contribution is 2.43. The zero-order valence-corrected chi connectivity index (χ0v) is 23.1. The molecule has 1 saturated heterocycles. The zero-order chi connectivity index (χ0) is 24.9. The minimum atomic E-state index is -1.83. The van der Waals surface area contributed by atoms with Gasteiger partial charge in [0.2, 0.25) is 5.91 Å². The van der Waals surface area contributed by atoms with Gasteiger partial charge in [0.1, 0.15) is 6.61 Å². The second kappa shape index (κ2) is 11.8. The highest BCUT2D eigenvalue weighted by atomic mass is 28.4. The van der Waals surface area contributed by atoms with Crippen molar-refractivity contribution in [2.24, 2.45) is 11.8 Å². The van der Waals surface area contributed by atoms with E-state index >= 15 is 0 Å². The molecule has 1 aromatic rings. The Balaban J connectivity index is 1.50. The summed E-state index contributed by atoms with van der Waals surface area (Å²) in [4.78, 5) is 26.8. The van der Waals surface area contributed by atoms with Crippen LogP contribution >= 0.6 is 0 Å². The molecular formula is C28H45NO4Si. The fraction of sp³-hybridized carbons (Fsp3) is 0.714. The van der Waals surface area contributed by atoms with Crippen molar-refractivity contribution in [2.75, 3.05) is 13.2 Å². The van der Waals surface area contributed by atoms with Crippen LogP contribution in [0.5, 0.6) is 0 Å². The van der Waals surface area contributed by atoms with Crippen LogP contribution in [0.25, 0.3) is 0 Å². The van der Waals surface area contributed by atoms with Crippen molar-refractivity contribution in [3.05, 3.63) is 35.9 Å². The smallest absolute Gasteiger partial charge is 0.416 e. The Morgan fingerprint density at radius 2 is 1.53 bits per heavy atom. The van der Waals surface area contributed by atoms with Gasteiger partial charge in [-0.25, -0.2) is 9.69 Å². The topological polar surface area (TPSA) is 55.8 Å². The van der Waals surface area contributed by atoms with E-state index in [9.17, 15) is 9.59 Å². The number of amides is 2. The van der Waals surface area contributed by atoms with E-state index in [1.54, 1.807) is 0 Å². The lowest BCUT2D eigenvalue weighted by Gasteiger charge is -2.43. The molecule has 1 heterocycles. The van der Waals surface area contributed by atoms with Crippen LogP contribution in [-0.4, -0.2) is 44.5 Å². The number of ether oxygens (including phenoxy) is 1. The Morgan fingerprint density at radius 1 is 0.971 bits per heavy atom. The first kappa shape index (κ1) is 26.9. The van der Waals surface area contributed by atoms with Crippen molar-refractivity contribution in [1.82, 2.24) is 4.90 Å². The first-order valence-corrected chi connectivity index (χ1v) is 15.5. The maximum absolute atomic E-state index is 13.1. The molecule has 0 aromatic heterocycles. The molecular weight excluding hydrogens is 442 g/mol. The standard InChI is InChI=1S/C28H45NO4Si/c1-20(2)34(21(3)4,22(5)6)33-18-25-14-12-24(13-15-25)17-27(30)29-26(19-32-28(29)31)16-23-10-8-7-9-11-23/h7-11,20-22,24-26H,12-19H2,1-6H3. The Hall–Kier alpha value is -1.66. The molecule has 6 heteroatoms. The van der Waals surface area contributed by atoms with Crippen molar-refractivity contribution in [2.45, 2.75) is 103 Å². The SMILES string of the molecule is CC(C)[Si](OCC1CCC(CC(=O)N2C(=O)OCC2Cc2ccccc2)CC1)(C(C)C)C(C)C. The predicted octanol–water partition coefficient (Wildman–Crippen LogP) is 6.97. The molecule has 2 aliphatic rings. The van der Waals surface area contributed by atoms with Gasteiger partial charge in [-0.1, -0.05) is 71.9 Å². The van der Waals surface area contributed by atoms with Crippen LogP contribution in [0.15, 0.2) is 30.3 Å². The summed E-state index contributed by atoms with van der Waals surface area (Å²) in [5, 5.41) is 0. The lowest BCUT2D eigenvalue weighted by Crippen LogP contribution is -2.48. The van der Waals surface area contributed by atoms with Gasteiger partial charge in [-0.2, -0.15) is 0 Å². The van der Waals surface area contributed by atoms with E-state index in [1.807, 2.05) is 30.3 Å². The average Bonchev–Trinajstić information content (AvgIpc) is 3.15. The van der Waals surface area contributed by atoms with Crippen molar-refractivity contribution in [3.8, 4) is 0 Å². The number of cyclic esters (lactones) is 1. The van der Waals surface area contributed by atoms with E-state index in [2.05, 4.69) is 41.5 Å². The van der Waals surface area contributed by atoms with Crippen LogP contribution in [-0.2, 0) is 20.4 Å². The van der Waals surface area contributed by atoms with E-state index in [0.717, 1.165) is 37.9 Å². The molecule has 1 aromatic carbocycles. The third kappa shape index (κ3) is 6.12. The third-order valence-electron chi connectivity index (χ3n) is 8.25. The number of benzene rings is 1. The highest BCUT2D eigenvalue weighted by Gasteiger charge is 2.45. The second-order valence-corrected chi connectivity index (χ2v) is 16.9. The molecule has 1 unspecified atom stereocenters. The molecule has 2 fully saturated rings. The van der Waals surface area contributed by atoms with Crippen molar-refractivity contribution in [1.29, 1.82) is 0 Å². The van der Waals surface area contributed by atoms with Gasteiger partial charge in [0.25, 0.3) is 0 Å². The van der Waals surface area contributed by atoms with Gasteiger partial charge in [-0.3, -0.25) is 4.79 Å². The Morgan fingerprint density at radius 3 is 2.09 bits per heavy atom. The molecule has 1 aliphatic carbocycles. The van der Waals surface area contributed by atoms with Crippen molar-refractivity contribution >= 4 is 20.3 Å². The van der Waals surface area contributed by atoms with Gasteiger partial charge in [-0.05, 0) is 66.1 Å². The van der Waals surface area contributed by atoms with E-state index in [0.29, 0.717) is 41.3 Å². The Kier molecular flexibility index (Phi) is 9.39. The molecule has 1 saturated carbocycles. The van der Waals surface area contributed by atoms with Crippen LogP contribution < -0.4 is 0 Å². The molecule has 1 aliphatic heterocycles. The van der Waals surface area contributed by atoms with Gasteiger partial charge in [0, 0.05) is 13.0 Å². The number of hydrogen-bond acceptors (Lipinski definition) is 4. The van der Waals surface area contributed by atoms with E-state index in [-0.39, 0.29) is 18.6 Å². The number of carbonyl (C=O) groups is 2. The van der Waals surface area contributed by atoms with Crippen molar-refractivity contribution < 1.29 is 18.8 Å². The molecule has 0 N–H and O–H groups in total. The Bertz CT molecular complexity index is 780. The number of hydrogen-bond donors (Lipinski definition) is 0. The largest absolute Gasteiger partial charge is 0.447 e. The highest BCUT2D eigenvalue weighted by molar-refractivity contribution is 6.77. The summed E-state index contributed by atoms with van der Waals surface area (Å²) in [5.74, 6) is 0.850. The summed E-state index contributed by atoms with van der Waals surface area (Å²) >= 11 is 0. The van der Waals surface area contributed by atoms with Gasteiger partial charge in [-0.15, -0.1) is 0 Å². The fourth-order valence-electron chi connectivity index (χ4n) is 6.51. The normalized spacial score (nSPS) is 23.7. The minimum absolute atomic E-state index is 0.0750. The predicted molar refractivity (Wildman–Crippen MR) is 139 cm³/mol. The van der Waals surface area contributed by atoms with Crippen molar-refractivity contribution in [3.63, 3.8) is 0 Å². The summed E-state index contributed by atoms with van der Waals surface area (Å²) in [6.07, 6.45) is 4.89. The molecule has 5 nitrogen and oxygen atoms in total. The lowest BCUT2D eigenvalue weighted by molar-refractivity contribution is -0.130. The average molecular weight is 488 g/mol. The molecule has 1 atom stereocenters. The summed E-state index contributed by atoms with van der Waals surface area (Å²) in [7, 11) is -1.83. The van der Waals surface area contributed by atoms with Crippen LogP contribution in [0, 0.1) is 11.8 Å². The number of rotatable bonds is 10. The third-order valence-corrected chi connectivity index (χ3v) is 14.3. The molecule has 190 valence electrons. The van der Waals surface area contributed by atoms with E-state index < -0.39 is 14.4 Å². The van der Waals surface area contributed by atoms with Crippen LogP contribution in [0.2, 0.25) is 16.6 Å². The monoisotopic (exact) mass is 487 g/mol. The minimum Gasteiger partial charge on any atom is -0.447 e. The maximum atomic E-state index is 13.1. The first-order valence-electron chi connectivity index (χ1n) is 13.3. The van der Waals surface area contributed by atoms with Gasteiger partial charge >= 0.3 is 6.09 Å². The summed E-state index contributed by atoms with van der Waals surface area (Å²) in [5.41, 5.74) is 2.93. The summed E-state index contributed by atoms with van der Waals surface area (Å²) in [6, 6.07) is 9.80. The molecule has 3 rings (SSSR count). The molecule has 2 amide bonds. The molecule has 0 bridgehead atoms. The molecule has 0 radical (unpaired) electrons. The van der Waals surface area contributed by atoms with E-state index in [1.165, 1.54) is 4.90 Å². The lowest BCUT2D eigenvalue weighted by atomic mass is 9.80. The van der Waals surface area contributed by atoms with Crippen LogP contribution in [0.1, 0.15) is 79.2 Å². The van der Waals surface area contributed by atoms with E-state index in [4.69, 9.17) is 9.16 Å². The van der Waals surface area contributed by atoms with Gasteiger partial charge in [0.05, 0.1) is 6.04 Å². The summed E-state index contributed by atoms with van der Waals surface area (Å²) < 4.78 is 12.1. The van der Waals surface area contributed by atoms with Gasteiger partial charge in [0.15, 0.2) is 8.32 Å². The molecule has 0 spiro atoms. The van der Waals surface area contributed by atoms with Crippen LogP contribution in [0.4, 0.5) is 4.79 Å². The fourth-order valence-corrected chi connectivity index (χ4v) is 12.0. The number of imide groups is 1. The quantitative estimate of drug-likeness (QED) is 0.335. The zero-order valence-electron chi connectivity index (χ0n) is 22.1.